The Labute approximate surface area is 88.5 Å². The summed E-state index contributed by atoms with van der Waals surface area (Å²) < 4.78 is 0. The van der Waals surface area contributed by atoms with Crippen LogP contribution in [0.1, 0.15) is 17.0 Å². The van der Waals surface area contributed by atoms with E-state index in [9.17, 15) is 0 Å². The van der Waals surface area contributed by atoms with E-state index in [0.29, 0.717) is 6.42 Å². The van der Waals surface area contributed by atoms with Gasteiger partial charge in [0.1, 0.15) is 0 Å². The fraction of sp³-hybridized carbons (Fsp3) is 0.500. The van der Waals surface area contributed by atoms with E-state index in [-0.39, 0.29) is 5.95 Å². The second-order valence-corrected chi connectivity index (χ2v) is 3.78. The number of nitriles is 1. The number of likely N-dealkylation sites (N-methyl/N-ethyl adjacent to an activating group) is 1. The molecule has 0 unspecified atom stereocenters. The molecule has 5 heteroatoms. The summed E-state index contributed by atoms with van der Waals surface area (Å²) in [6.45, 7) is 1.79. The molecular formula is C10H13N5. The van der Waals surface area contributed by atoms with Gasteiger partial charge in [-0.3, -0.25) is 0 Å². The molecule has 0 fully saturated rings. The molecule has 1 aromatic rings. The van der Waals surface area contributed by atoms with Crippen molar-refractivity contribution in [2.45, 2.75) is 19.4 Å². The molecule has 0 atom stereocenters. The number of hydrogen-bond donors (Lipinski definition) is 1. The fourth-order valence-electron chi connectivity index (χ4n) is 1.86. The van der Waals surface area contributed by atoms with Crippen LogP contribution in [0.4, 0.5) is 5.95 Å². The van der Waals surface area contributed by atoms with Gasteiger partial charge in [-0.15, -0.1) is 0 Å². The van der Waals surface area contributed by atoms with Crippen molar-refractivity contribution in [3.8, 4) is 6.07 Å². The van der Waals surface area contributed by atoms with Crippen LogP contribution in [0.3, 0.4) is 0 Å². The highest BCUT2D eigenvalue weighted by Crippen LogP contribution is 2.20. The van der Waals surface area contributed by atoms with E-state index < -0.39 is 0 Å². The minimum absolute atomic E-state index is 0.281. The van der Waals surface area contributed by atoms with Crippen molar-refractivity contribution in [1.29, 1.82) is 5.26 Å². The van der Waals surface area contributed by atoms with Gasteiger partial charge >= 0.3 is 0 Å². The summed E-state index contributed by atoms with van der Waals surface area (Å²) in [6.07, 6.45) is 1.19. The van der Waals surface area contributed by atoms with Gasteiger partial charge in [-0.05, 0) is 7.05 Å². The summed E-state index contributed by atoms with van der Waals surface area (Å²) in [5.74, 6) is 0.281. The first-order valence-electron chi connectivity index (χ1n) is 4.90. The molecule has 0 spiro atoms. The Morgan fingerprint density at radius 2 is 2.33 bits per heavy atom. The van der Waals surface area contributed by atoms with Gasteiger partial charge in [0.15, 0.2) is 0 Å². The first-order valence-corrected chi connectivity index (χ1v) is 4.90. The van der Waals surface area contributed by atoms with Crippen LogP contribution in [0.5, 0.6) is 0 Å². The Kier molecular flexibility index (Phi) is 2.52. The smallest absolute Gasteiger partial charge is 0.220 e. The van der Waals surface area contributed by atoms with E-state index in [1.54, 1.807) is 0 Å². The molecule has 0 aromatic carbocycles. The summed E-state index contributed by atoms with van der Waals surface area (Å²) in [6, 6.07) is 2.11. The molecule has 1 aliphatic heterocycles. The molecule has 1 aromatic heterocycles. The summed E-state index contributed by atoms with van der Waals surface area (Å²) in [5, 5.41) is 8.71. The third-order valence-electron chi connectivity index (χ3n) is 2.60. The molecule has 78 valence electrons. The quantitative estimate of drug-likeness (QED) is 0.701. The number of hydrogen-bond acceptors (Lipinski definition) is 5. The first kappa shape index (κ1) is 9.87. The van der Waals surface area contributed by atoms with Crippen LogP contribution >= 0.6 is 0 Å². The van der Waals surface area contributed by atoms with E-state index in [1.165, 1.54) is 0 Å². The fourth-order valence-corrected chi connectivity index (χ4v) is 1.86. The minimum Gasteiger partial charge on any atom is -0.368 e. The van der Waals surface area contributed by atoms with Crippen LogP contribution < -0.4 is 5.73 Å². The maximum atomic E-state index is 8.71. The molecule has 1 aliphatic rings. The largest absolute Gasteiger partial charge is 0.368 e. The Bertz CT molecular complexity index is 421. The third-order valence-corrected chi connectivity index (χ3v) is 2.60. The van der Waals surface area contributed by atoms with Crippen LogP contribution in [-0.2, 0) is 19.4 Å². The number of nitrogen functional groups attached to an aromatic ring is 1. The zero-order valence-electron chi connectivity index (χ0n) is 8.69. The van der Waals surface area contributed by atoms with Gasteiger partial charge in [0.25, 0.3) is 0 Å². The molecule has 0 amide bonds. The molecule has 2 heterocycles. The van der Waals surface area contributed by atoms with Crippen LogP contribution in [0.2, 0.25) is 0 Å². The second-order valence-electron chi connectivity index (χ2n) is 3.78. The molecule has 5 nitrogen and oxygen atoms in total. The van der Waals surface area contributed by atoms with Gasteiger partial charge < -0.3 is 10.6 Å². The van der Waals surface area contributed by atoms with Crippen LogP contribution in [-0.4, -0.2) is 28.5 Å². The molecule has 0 aliphatic carbocycles. The second kappa shape index (κ2) is 3.83. The SMILES string of the molecule is CN1CCc2nc(N)nc(CC#N)c2C1. The normalized spacial score (nSPS) is 15.7. The number of nitrogens with two attached hydrogens (primary N) is 1. The van der Waals surface area contributed by atoms with E-state index in [1.807, 2.05) is 0 Å². The predicted molar refractivity (Wildman–Crippen MR) is 55.8 cm³/mol. The molecular weight excluding hydrogens is 190 g/mol. The zero-order chi connectivity index (χ0) is 10.8. The Balaban J connectivity index is 2.46. The Morgan fingerprint density at radius 3 is 3.07 bits per heavy atom. The molecule has 2 N–H and O–H groups in total. The van der Waals surface area contributed by atoms with Crippen LogP contribution in [0, 0.1) is 11.3 Å². The molecule has 0 saturated heterocycles. The van der Waals surface area contributed by atoms with E-state index >= 15 is 0 Å². The maximum Gasteiger partial charge on any atom is 0.220 e. The van der Waals surface area contributed by atoms with E-state index in [4.69, 9.17) is 11.0 Å². The molecule has 15 heavy (non-hydrogen) atoms. The lowest BCUT2D eigenvalue weighted by Gasteiger charge is -2.25. The van der Waals surface area contributed by atoms with Crippen molar-refractivity contribution in [2.75, 3.05) is 19.3 Å². The lowest BCUT2D eigenvalue weighted by Crippen LogP contribution is -2.29. The van der Waals surface area contributed by atoms with Crippen molar-refractivity contribution >= 4 is 5.95 Å². The number of anilines is 1. The van der Waals surface area contributed by atoms with Gasteiger partial charge in [-0.25, -0.2) is 9.97 Å². The average molecular weight is 203 g/mol. The number of aromatic nitrogens is 2. The summed E-state index contributed by atoms with van der Waals surface area (Å²) in [7, 11) is 2.05. The van der Waals surface area contributed by atoms with Crippen LogP contribution in [0.15, 0.2) is 0 Å². The van der Waals surface area contributed by atoms with E-state index in [2.05, 4.69) is 28.0 Å². The molecule has 2 rings (SSSR count). The summed E-state index contributed by atoms with van der Waals surface area (Å²) in [4.78, 5) is 10.5. The lowest BCUT2D eigenvalue weighted by molar-refractivity contribution is 0.308. The maximum absolute atomic E-state index is 8.71. The Hall–Kier alpha value is -1.67. The average Bonchev–Trinajstić information content (AvgIpc) is 2.19. The van der Waals surface area contributed by atoms with Crippen molar-refractivity contribution in [1.82, 2.24) is 14.9 Å². The standard InChI is InChI=1S/C10H13N5/c1-15-5-3-9-7(6-15)8(2-4-11)13-10(12)14-9/h2-3,5-6H2,1H3,(H2,12,13,14). The van der Waals surface area contributed by atoms with Gasteiger partial charge in [-0.1, -0.05) is 0 Å². The summed E-state index contributed by atoms with van der Waals surface area (Å²) in [5.41, 5.74) is 8.47. The molecule has 0 saturated carbocycles. The predicted octanol–water partition coefficient (Wildman–Crippen LogP) is 0.113. The topological polar surface area (TPSA) is 78.8 Å². The summed E-state index contributed by atoms with van der Waals surface area (Å²) >= 11 is 0. The number of fused-ring (bicyclic) bond motifs is 1. The van der Waals surface area contributed by atoms with Crippen molar-refractivity contribution < 1.29 is 0 Å². The third kappa shape index (κ3) is 1.90. The highest BCUT2D eigenvalue weighted by Gasteiger charge is 2.19. The Morgan fingerprint density at radius 1 is 1.53 bits per heavy atom. The van der Waals surface area contributed by atoms with Gasteiger partial charge in [0.05, 0.1) is 23.9 Å². The number of nitrogens with zero attached hydrogens (tertiary/aromatic N) is 4. The highest BCUT2D eigenvalue weighted by atomic mass is 15.1. The van der Waals surface area contributed by atoms with E-state index in [0.717, 1.165) is 36.5 Å². The highest BCUT2D eigenvalue weighted by molar-refractivity contribution is 5.34. The molecule has 0 radical (unpaired) electrons. The van der Waals surface area contributed by atoms with Crippen molar-refractivity contribution in [3.05, 3.63) is 17.0 Å². The van der Waals surface area contributed by atoms with Gasteiger partial charge in [0.2, 0.25) is 5.95 Å². The number of rotatable bonds is 1. The van der Waals surface area contributed by atoms with Gasteiger partial charge in [0, 0.05) is 25.1 Å². The molecule has 0 bridgehead atoms. The zero-order valence-corrected chi connectivity index (χ0v) is 8.69. The van der Waals surface area contributed by atoms with Gasteiger partial charge in [-0.2, -0.15) is 5.26 Å². The van der Waals surface area contributed by atoms with Crippen LogP contribution in [0.25, 0.3) is 0 Å². The monoisotopic (exact) mass is 203 g/mol. The van der Waals surface area contributed by atoms with Crippen molar-refractivity contribution in [3.63, 3.8) is 0 Å². The first-order chi connectivity index (χ1) is 7.20. The minimum atomic E-state index is 0.281. The van der Waals surface area contributed by atoms with Crippen molar-refractivity contribution in [2.24, 2.45) is 0 Å². The lowest BCUT2D eigenvalue weighted by atomic mass is 10.0.